The fourth-order valence-electron chi connectivity index (χ4n) is 8.35. The van der Waals surface area contributed by atoms with E-state index in [-0.39, 0.29) is 70.1 Å². The molecule has 2 N–H and O–H groups in total. The van der Waals surface area contributed by atoms with Crippen LogP contribution in [0, 0.1) is 24.6 Å². The van der Waals surface area contributed by atoms with Crippen LogP contribution < -0.4 is 10.9 Å². The molecule has 2 amide bonds. The number of amides is 2. The second-order valence-corrected chi connectivity index (χ2v) is 16.2. The van der Waals surface area contributed by atoms with E-state index in [1.165, 1.54) is 10.9 Å². The van der Waals surface area contributed by atoms with Gasteiger partial charge in [-0.1, -0.05) is 19.4 Å². The Kier molecular flexibility index (Phi) is 6.22. The van der Waals surface area contributed by atoms with Gasteiger partial charge in [-0.15, -0.1) is 5.10 Å². The van der Waals surface area contributed by atoms with E-state index in [9.17, 15) is 43.3 Å². The van der Waals surface area contributed by atoms with Crippen molar-refractivity contribution in [1.29, 1.82) is 0 Å². The molecular weight excluding hydrogens is 750 g/mol. The molecule has 4 heterocycles. The van der Waals surface area contributed by atoms with Crippen LogP contribution >= 0.6 is 26.2 Å². The smallest absolute Gasteiger partial charge is 0.310 e. The summed E-state index contributed by atoms with van der Waals surface area (Å²) in [4.78, 5) is 52.6. The molecule has 260 valence electrons. The van der Waals surface area contributed by atoms with Crippen molar-refractivity contribution in [2.24, 2.45) is 11.8 Å². The van der Waals surface area contributed by atoms with Crippen molar-refractivity contribution in [2.75, 3.05) is 11.9 Å². The average Bonchev–Trinajstić information content (AvgIpc) is 3.61. The molecule has 49 heavy (non-hydrogen) atoms. The van der Waals surface area contributed by atoms with Crippen LogP contribution in [-0.4, -0.2) is 63.5 Å². The van der Waals surface area contributed by atoms with Gasteiger partial charge in [0.05, 0.1) is 11.4 Å². The quantitative estimate of drug-likeness (QED) is 0.250. The van der Waals surface area contributed by atoms with Crippen molar-refractivity contribution < 1.29 is 38.5 Å². The molecule has 5 atom stereocenters. The number of aromatic hydroxyl groups is 1. The van der Waals surface area contributed by atoms with Gasteiger partial charge in [-0.3, -0.25) is 14.4 Å². The zero-order valence-corrected chi connectivity index (χ0v) is 27.6. The Labute approximate surface area is 280 Å². The minimum atomic E-state index is -10.2. The van der Waals surface area contributed by atoms with Crippen molar-refractivity contribution in [1.82, 2.24) is 34.0 Å². The SMILES string of the molecule is Cc1ncnc(C(=O)N2CC[C@]3(c4c(n(CC(=O)Nc5ccc(S(F)(F)(F)(F)F)cc5F)c5nc(Br)nn5c4=O)[C@H]4C[C@H]43)[C@@H]3CC[C@@H]32)c1O. The lowest BCUT2D eigenvalue weighted by Gasteiger charge is -2.58. The lowest BCUT2D eigenvalue weighted by atomic mass is 9.54. The van der Waals surface area contributed by atoms with Gasteiger partial charge >= 0.3 is 10.2 Å². The number of benzene rings is 1. The molecule has 3 fully saturated rings. The van der Waals surface area contributed by atoms with Gasteiger partial charge in [-0.2, -0.15) is 9.50 Å². The molecule has 1 spiro atoms. The molecule has 1 aliphatic heterocycles. The molecule has 2 saturated carbocycles. The first-order valence-corrected chi connectivity index (χ1v) is 17.9. The fraction of sp³-hybridized carbons (Fsp3) is 0.414. The number of anilines is 1. The minimum Gasteiger partial charge on any atom is -0.504 e. The number of hydrogen-bond donors (Lipinski definition) is 2. The third-order valence-electron chi connectivity index (χ3n) is 10.5. The first kappa shape index (κ1) is 32.0. The Morgan fingerprint density at radius 1 is 1.14 bits per heavy atom. The number of aryl methyl sites for hydroxylation is 1. The first-order chi connectivity index (χ1) is 22.8. The number of aromatic nitrogens is 6. The second-order valence-electron chi connectivity index (χ2n) is 13.0. The topological polar surface area (TPSA) is 148 Å². The maximum atomic E-state index is 14.6. The van der Waals surface area contributed by atoms with Gasteiger partial charge < -0.3 is 19.9 Å². The highest BCUT2D eigenvalue weighted by Crippen LogP contribution is 3.02. The summed E-state index contributed by atoms with van der Waals surface area (Å²) < 4.78 is 83.2. The standard InChI is InChI=1S/C29H25BrF6N8O4S/c1-12-24(46)22(38-11-37-12)26(48)42-7-6-29(15-3-5-19(15)42)16-9-14(16)23-21(29)25(47)44-28(40-27(30)41-44)43(23)10-20(45)39-18-4-2-13(8-17(18)31)49(32,33,34,35)36/h2,4,8,11,14-16,19,46H,3,5-7,9-10H2,1H3,(H,39,45)/t14-,15+,16+,19-,29-/m0/s1. The molecule has 1 aromatic carbocycles. The van der Waals surface area contributed by atoms with Gasteiger partial charge in [-0.05, 0) is 78.6 Å². The van der Waals surface area contributed by atoms with Crippen LogP contribution in [0.25, 0.3) is 5.78 Å². The number of fused-ring (bicyclic) bond motifs is 8. The highest BCUT2D eigenvalue weighted by Gasteiger charge is 2.70. The van der Waals surface area contributed by atoms with Crippen molar-refractivity contribution in [3.05, 3.63) is 68.1 Å². The van der Waals surface area contributed by atoms with Gasteiger partial charge in [0.2, 0.25) is 16.4 Å². The van der Waals surface area contributed by atoms with Crippen LogP contribution in [0.2, 0.25) is 0 Å². The van der Waals surface area contributed by atoms with Crippen LogP contribution in [0.1, 0.15) is 59.0 Å². The number of nitrogens with one attached hydrogen (secondary N) is 1. The van der Waals surface area contributed by atoms with Crippen LogP contribution in [0.5, 0.6) is 5.75 Å². The number of halogens is 7. The van der Waals surface area contributed by atoms with Crippen molar-refractivity contribution in [2.45, 2.75) is 61.4 Å². The second kappa shape index (κ2) is 9.52. The Morgan fingerprint density at radius 2 is 1.90 bits per heavy atom. The Bertz CT molecular complexity index is 2230. The van der Waals surface area contributed by atoms with E-state index in [0.717, 1.165) is 4.52 Å². The highest BCUT2D eigenvalue weighted by molar-refractivity contribution is 9.10. The van der Waals surface area contributed by atoms with Crippen LogP contribution in [0.3, 0.4) is 0 Å². The fourth-order valence-corrected chi connectivity index (χ4v) is 9.31. The number of piperidine rings is 1. The Balaban J connectivity index is 1.15. The Morgan fingerprint density at radius 3 is 2.57 bits per heavy atom. The van der Waals surface area contributed by atoms with E-state index in [1.54, 1.807) is 11.8 Å². The van der Waals surface area contributed by atoms with Gasteiger partial charge in [0.15, 0.2) is 11.4 Å². The number of carbonyl (C=O) groups excluding carboxylic acids is 2. The van der Waals surface area contributed by atoms with E-state index in [0.29, 0.717) is 43.0 Å². The monoisotopic (exact) mass is 774 g/mol. The van der Waals surface area contributed by atoms with E-state index in [1.807, 2.05) is 0 Å². The van der Waals surface area contributed by atoms with Gasteiger partial charge in [0.1, 0.15) is 23.6 Å². The molecule has 12 nitrogen and oxygen atoms in total. The lowest BCUT2D eigenvalue weighted by Crippen LogP contribution is -2.64. The molecule has 4 aliphatic rings. The van der Waals surface area contributed by atoms with Crippen LogP contribution in [-0.2, 0) is 16.8 Å². The maximum absolute atomic E-state index is 14.6. The number of carbonyl (C=O) groups is 2. The molecule has 0 radical (unpaired) electrons. The summed E-state index contributed by atoms with van der Waals surface area (Å²) in [5.41, 5.74) is -0.694. The molecule has 1 saturated heterocycles. The van der Waals surface area contributed by atoms with Gasteiger partial charge in [0, 0.05) is 35.2 Å². The summed E-state index contributed by atoms with van der Waals surface area (Å²) in [7, 11) is -10.2. The maximum Gasteiger partial charge on any atom is 0.310 e. The largest absolute Gasteiger partial charge is 0.504 e. The predicted molar refractivity (Wildman–Crippen MR) is 164 cm³/mol. The van der Waals surface area contributed by atoms with Crippen molar-refractivity contribution in [3.8, 4) is 5.75 Å². The van der Waals surface area contributed by atoms with E-state index in [2.05, 4.69) is 41.3 Å². The third kappa shape index (κ3) is 4.69. The van der Waals surface area contributed by atoms with E-state index >= 15 is 0 Å². The number of rotatable bonds is 5. The van der Waals surface area contributed by atoms with Crippen LogP contribution in [0.4, 0.5) is 29.5 Å². The molecule has 0 unspecified atom stereocenters. The molecule has 8 rings (SSSR count). The Hall–Kier alpha value is -4.20. The molecule has 20 heteroatoms. The van der Waals surface area contributed by atoms with E-state index < -0.39 is 56.0 Å². The summed E-state index contributed by atoms with van der Waals surface area (Å²) in [6.45, 7) is 1.27. The molecular formula is C29H25BrF6N8O4S. The summed E-state index contributed by atoms with van der Waals surface area (Å²) in [6.07, 6.45) is 3.67. The number of likely N-dealkylation sites (tertiary alicyclic amines) is 1. The summed E-state index contributed by atoms with van der Waals surface area (Å²) in [5, 5.41) is 16.9. The zero-order chi connectivity index (χ0) is 35.1. The molecule has 4 aromatic rings. The average molecular weight is 776 g/mol. The molecule has 3 aliphatic carbocycles. The molecule has 3 aromatic heterocycles. The van der Waals surface area contributed by atoms with Crippen molar-refractivity contribution in [3.63, 3.8) is 0 Å². The minimum absolute atomic E-state index is 0.00223. The van der Waals surface area contributed by atoms with E-state index in [4.69, 9.17) is 0 Å². The summed E-state index contributed by atoms with van der Waals surface area (Å²) in [5.74, 6) is -3.63. The van der Waals surface area contributed by atoms with Gasteiger partial charge in [0.25, 0.3) is 11.5 Å². The normalized spacial score (nSPS) is 26.7. The van der Waals surface area contributed by atoms with Crippen molar-refractivity contribution >= 4 is 49.4 Å². The van der Waals surface area contributed by atoms with Crippen LogP contribution in [0.15, 0.2) is 39.0 Å². The third-order valence-corrected chi connectivity index (χ3v) is 12.0. The summed E-state index contributed by atoms with van der Waals surface area (Å²) in [6, 6.07) is -0.196. The highest BCUT2D eigenvalue weighted by atomic mass is 79.9. The number of nitrogens with zero attached hydrogens (tertiary/aromatic N) is 7. The number of hydrogen-bond acceptors (Lipinski definition) is 8. The summed E-state index contributed by atoms with van der Waals surface area (Å²) >= 11 is 3.17. The first-order valence-electron chi connectivity index (χ1n) is 15.1. The lowest BCUT2D eigenvalue weighted by molar-refractivity contribution is -0.116. The molecule has 0 bridgehead atoms. The van der Waals surface area contributed by atoms with Gasteiger partial charge in [-0.25, -0.2) is 14.4 Å². The zero-order valence-electron chi connectivity index (χ0n) is 25.2. The predicted octanol–water partition coefficient (Wildman–Crippen LogP) is 5.57.